The molecule has 1 heterocycles. The van der Waals surface area contributed by atoms with Crippen LogP contribution in [0.3, 0.4) is 0 Å². The van der Waals surface area contributed by atoms with Crippen LogP contribution in [-0.2, 0) is 4.74 Å². The summed E-state index contributed by atoms with van der Waals surface area (Å²) in [4.78, 5) is 0. The average molecular weight is 326 g/mol. The van der Waals surface area contributed by atoms with Gasteiger partial charge in [-0.3, -0.25) is 0 Å². The minimum Gasteiger partial charge on any atom is -0.373 e. The number of ether oxygens (including phenoxy) is 1. The Kier molecular flexibility index (Phi) is 5.86. The van der Waals surface area contributed by atoms with Crippen molar-refractivity contribution in [1.82, 2.24) is 5.32 Å². The molecule has 3 heteroatoms. The van der Waals surface area contributed by atoms with E-state index in [1.165, 1.54) is 18.4 Å². The highest BCUT2D eigenvalue weighted by Crippen LogP contribution is 2.36. The Bertz CT molecular complexity index is 394. The van der Waals surface area contributed by atoms with Crippen LogP contribution in [0, 0.1) is 11.8 Å². The Morgan fingerprint density at radius 1 is 1.37 bits per heavy atom. The van der Waals surface area contributed by atoms with Crippen LogP contribution in [0.2, 0.25) is 0 Å². The molecule has 0 saturated carbocycles. The minimum atomic E-state index is 0.226. The second-order valence-electron chi connectivity index (χ2n) is 5.77. The smallest absolute Gasteiger partial charge is 0.0876 e. The quantitative estimate of drug-likeness (QED) is 0.877. The van der Waals surface area contributed by atoms with E-state index in [0.717, 1.165) is 24.2 Å². The van der Waals surface area contributed by atoms with Gasteiger partial charge in [-0.1, -0.05) is 48.0 Å². The number of benzene rings is 1. The zero-order chi connectivity index (χ0) is 13.7. The van der Waals surface area contributed by atoms with Crippen LogP contribution in [0.4, 0.5) is 0 Å². The Morgan fingerprint density at radius 3 is 2.89 bits per heavy atom. The fraction of sp³-hybridized carbons (Fsp3) is 0.625. The molecule has 2 nitrogen and oxygen atoms in total. The highest BCUT2D eigenvalue weighted by molar-refractivity contribution is 9.10. The van der Waals surface area contributed by atoms with Gasteiger partial charge in [-0.25, -0.2) is 0 Å². The van der Waals surface area contributed by atoms with Gasteiger partial charge in [-0.05, 0) is 36.9 Å². The monoisotopic (exact) mass is 325 g/mol. The maximum absolute atomic E-state index is 6.04. The van der Waals surface area contributed by atoms with Gasteiger partial charge in [0.15, 0.2) is 0 Å². The van der Waals surface area contributed by atoms with Crippen molar-refractivity contribution < 1.29 is 4.74 Å². The van der Waals surface area contributed by atoms with Gasteiger partial charge < -0.3 is 10.1 Å². The van der Waals surface area contributed by atoms with E-state index in [9.17, 15) is 0 Å². The van der Waals surface area contributed by atoms with Crippen LogP contribution >= 0.6 is 15.9 Å². The van der Waals surface area contributed by atoms with E-state index in [-0.39, 0.29) is 6.10 Å². The summed E-state index contributed by atoms with van der Waals surface area (Å²) < 4.78 is 7.21. The molecule has 1 aromatic carbocycles. The maximum Gasteiger partial charge on any atom is 0.0876 e. The molecule has 1 aliphatic rings. The molecule has 2 rings (SSSR count). The highest BCUT2D eigenvalue weighted by Gasteiger charge is 2.28. The lowest BCUT2D eigenvalue weighted by molar-refractivity contribution is -0.0282. The summed E-state index contributed by atoms with van der Waals surface area (Å²) in [5.74, 6) is 1.28. The normalized spacial score (nSPS) is 23.8. The van der Waals surface area contributed by atoms with Crippen molar-refractivity contribution in [1.29, 1.82) is 0 Å². The second kappa shape index (κ2) is 7.41. The Labute approximate surface area is 125 Å². The molecule has 0 spiro atoms. The molecule has 0 bridgehead atoms. The lowest BCUT2D eigenvalue weighted by Gasteiger charge is -2.33. The Balaban J connectivity index is 2.02. The molecular weight excluding hydrogens is 302 g/mol. The molecule has 1 fully saturated rings. The summed E-state index contributed by atoms with van der Waals surface area (Å²) in [6, 6.07) is 8.43. The zero-order valence-electron chi connectivity index (χ0n) is 11.9. The summed E-state index contributed by atoms with van der Waals surface area (Å²) in [6.07, 6.45) is 2.65. The maximum atomic E-state index is 6.04. The van der Waals surface area contributed by atoms with Gasteiger partial charge >= 0.3 is 0 Å². The van der Waals surface area contributed by atoms with Crippen LogP contribution in [0.1, 0.15) is 38.4 Å². The van der Waals surface area contributed by atoms with E-state index in [2.05, 4.69) is 59.4 Å². The van der Waals surface area contributed by atoms with Crippen LogP contribution < -0.4 is 5.32 Å². The topological polar surface area (TPSA) is 21.3 Å². The average Bonchev–Trinajstić information content (AvgIpc) is 2.40. The number of nitrogens with one attached hydrogen (secondary N) is 1. The number of hydrogen-bond acceptors (Lipinski definition) is 2. The van der Waals surface area contributed by atoms with Gasteiger partial charge in [-0.2, -0.15) is 0 Å². The Hall–Kier alpha value is -0.380. The molecule has 1 aromatic rings. The van der Waals surface area contributed by atoms with E-state index in [4.69, 9.17) is 4.74 Å². The van der Waals surface area contributed by atoms with Crippen molar-refractivity contribution in [3.63, 3.8) is 0 Å². The largest absolute Gasteiger partial charge is 0.373 e. The molecule has 0 aromatic heterocycles. The van der Waals surface area contributed by atoms with Crippen LogP contribution in [-0.4, -0.2) is 19.7 Å². The van der Waals surface area contributed by atoms with Crippen molar-refractivity contribution >= 4 is 15.9 Å². The van der Waals surface area contributed by atoms with Crippen molar-refractivity contribution in [3.05, 3.63) is 34.3 Å². The van der Waals surface area contributed by atoms with Gasteiger partial charge in [0.2, 0.25) is 0 Å². The summed E-state index contributed by atoms with van der Waals surface area (Å²) >= 11 is 3.65. The summed E-state index contributed by atoms with van der Waals surface area (Å²) in [5, 5.41) is 3.58. The number of halogens is 1. The van der Waals surface area contributed by atoms with E-state index in [0.29, 0.717) is 11.8 Å². The Morgan fingerprint density at radius 2 is 2.16 bits per heavy atom. The lowest BCUT2D eigenvalue weighted by atomic mass is 9.89. The first-order chi connectivity index (χ1) is 9.18. The molecule has 0 radical (unpaired) electrons. The minimum absolute atomic E-state index is 0.226. The second-order valence-corrected chi connectivity index (χ2v) is 6.62. The molecule has 2 unspecified atom stereocenters. The van der Waals surface area contributed by atoms with Gasteiger partial charge in [0.1, 0.15) is 0 Å². The van der Waals surface area contributed by atoms with Gasteiger partial charge in [0, 0.05) is 23.5 Å². The van der Waals surface area contributed by atoms with E-state index >= 15 is 0 Å². The predicted octanol–water partition coefficient (Wildman–Crippen LogP) is 4.16. The molecule has 1 N–H and O–H groups in total. The molecule has 1 aliphatic heterocycles. The third-order valence-electron chi connectivity index (χ3n) is 3.62. The summed E-state index contributed by atoms with van der Waals surface area (Å²) in [7, 11) is 0. The van der Waals surface area contributed by atoms with Crippen LogP contribution in [0.5, 0.6) is 0 Å². The lowest BCUT2D eigenvalue weighted by Crippen LogP contribution is -2.33. The van der Waals surface area contributed by atoms with Crippen LogP contribution in [0.25, 0.3) is 0 Å². The molecule has 1 saturated heterocycles. The van der Waals surface area contributed by atoms with Crippen molar-refractivity contribution in [2.75, 3.05) is 19.7 Å². The first-order valence-electron chi connectivity index (χ1n) is 7.25. The first-order valence-corrected chi connectivity index (χ1v) is 8.04. The molecule has 106 valence electrons. The van der Waals surface area contributed by atoms with Gasteiger partial charge in [0.25, 0.3) is 0 Å². The van der Waals surface area contributed by atoms with Gasteiger partial charge in [-0.15, -0.1) is 0 Å². The van der Waals surface area contributed by atoms with Crippen molar-refractivity contribution in [2.45, 2.75) is 32.8 Å². The standard InChI is InChI=1S/C16H24BrNO/c1-12(2)10-18-11-13-6-5-9-19-16(13)14-7-3-4-8-15(14)17/h3-4,7-8,12-13,16,18H,5-6,9-11H2,1-2H3. The fourth-order valence-electron chi connectivity index (χ4n) is 2.66. The van der Waals surface area contributed by atoms with Gasteiger partial charge in [0.05, 0.1) is 6.10 Å². The van der Waals surface area contributed by atoms with E-state index in [1.54, 1.807) is 0 Å². The first kappa shape index (κ1) is 15.0. The highest BCUT2D eigenvalue weighted by atomic mass is 79.9. The molecule has 2 atom stereocenters. The molecule has 19 heavy (non-hydrogen) atoms. The third kappa shape index (κ3) is 4.30. The number of hydrogen-bond donors (Lipinski definition) is 1. The number of rotatable bonds is 5. The summed E-state index contributed by atoms with van der Waals surface area (Å²) in [6.45, 7) is 7.50. The van der Waals surface area contributed by atoms with E-state index in [1.807, 2.05) is 0 Å². The predicted molar refractivity (Wildman–Crippen MR) is 83.3 cm³/mol. The summed E-state index contributed by atoms with van der Waals surface area (Å²) in [5.41, 5.74) is 1.29. The fourth-order valence-corrected chi connectivity index (χ4v) is 3.17. The SMILES string of the molecule is CC(C)CNCC1CCCOC1c1ccccc1Br. The third-order valence-corrected chi connectivity index (χ3v) is 4.34. The molecule has 0 aliphatic carbocycles. The molecule has 0 amide bonds. The molecular formula is C16H24BrNO. The van der Waals surface area contributed by atoms with Crippen molar-refractivity contribution in [2.24, 2.45) is 11.8 Å². The van der Waals surface area contributed by atoms with E-state index < -0.39 is 0 Å². The van der Waals surface area contributed by atoms with Crippen molar-refractivity contribution in [3.8, 4) is 0 Å². The van der Waals surface area contributed by atoms with Crippen LogP contribution in [0.15, 0.2) is 28.7 Å². The zero-order valence-corrected chi connectivity index (χ0v) is 13.4.